The van der Waals surface area contributed by atoms with Crippen molar-refractivity contribution in [2.24, 2.45) is 0 Å². The lowest BCUT2D eigenvalue weighted by Gasteiger charge is -2.22. The molecule has 5 rings (SSSR count). The van der Waals surface area contributed by atoms with E-state index in [0.29, 0.717) is 40.4 Å². The average molecular weight is 509 g/mol. The number of halogens is 1. The number of ether oxygens (including phenoxy) is 1. The van der Waals surface area contributed by atoms with E-state index in [1.165, 1.54) is 19.4 Å². The van der Waals surface area contributed by atoms with Gasteiger partial charge in [0.05, 0.1) is 46.3 Å². The van der Waals surface area contributed by atoms with Crippen molar-refractivity contribution in [1.82, 2.24) is 24.5 Å². The summed E-state index contributed by atoms with van der Waals surface area (Å²) in [6.45, 7) is 1.43. The third kappa shape index (κ3) is 4.38. The lowest BCUT2D eigenvalue weighted by molar-refractivity contribution is -0.384. The first-order valence-corrected chi connectivity index (χ1v) is 11.7. The molecule has 3 aromatic heterocycles. The fourth-order valence-corrected chi connectivity index (χ4v) is 4.65. The van der Waals surface area contributed by atoms with Gasteiger partial charge < -0.3 is 19.9 Å². The van der Waals surface area contributed by atoms with Gasteiger partial charge in [0.2, 0.25) is 5.95 Å². The minimum Gasteiger partial charge on any atom is -0.494 e. The number of fused-ring (bicyclic) bond motifs is 1. The van der Waals surface area contributed by atoms with Crippen molar-refractivity contribution < 1.29 is 9.66 Å². The van der Waals surface area contributed by atoms with Crippen molar-refractivity contribution in [1.29, 1.82) is 0 Å². The van der Waals surface area contributed by atoms with Crippen LogP contribution in [0.25, 0.3) is 16.8 Å². The lowest BCUT2D eigenvalue weighted by Crippen LogP contribution is -2.31. The molecule has 0 unspecified atom stereocenters. The van der Waals surface area contributed by atoms with Gasteiger partial charge in [-0.1, -0.05) is 17.7 Å². The molecule has 36 heavy (non-hydrogen) atoms. The normalized spacial score (nSPS) is 15.6. The third-order valence-electron chi connectivity index (χ3n) is 6.40. The summed E-state index contributed by atoms with van der Waals surface area (Å²) in [7, 11) is 5.56. The second kappa shape index (κ2) is 9.59. The van der Waals surface area contributed by atoms with Crippen molar-refractivity contribution in [3.05, 3.63) is 64.1 Å². The minimum atomic E-state index is -0.379. The first kappa shape index (κ1) is 23.8. The van der Waals surface area contributed by atoms with Crippen molar-refractivity contribution >= 4 is 40.1 Å². The Kier molecular flexibility index (Phi) is 6.33. The highest BCUT2D eigenvalue weighted by molar-refractivity contribution is 6.33. The zero-order valence-electron chi connectivity index (χ0n) is 20.1. The molecule has 0 radical (unpaired) electrons. The Bertz CT molecular complexity index is 1440. The van der Waals surface area contributed by atoms with Gasteiger partial charge in [-0.05, 0) is 32.6 Å². The number of anilines is 3. The van der Waals surface area contributed by atoms with Crippen molar-refractivity contribution in [2.75, 3.05) is 44.5 Å². The van der Waals surface area contributed by atoms with Crippen LogP contribution in [0.4, 0.5) is 23.0 Å². The standard InChI is InChI=1S/C24H25ClN8O3/c1-30(2)15-7-9-31(14-15)20-11-22(36-3)18(10-21(20)33(34)35)28-24-26-13-17(25)23(29-24)16-12-27-32-8-5-4-6-19(16)32/h4-6,8,10-13,15H,7,9,14H2,1-3H3,(H,26,28,29)/t15-/m1/s1. The summed E-state index contributed by atoms with van der Waals surface area (Å²) >= 11 is 6.43. The number of nitro benzene ring substituents is 1. The summed E-state index contributed by atoms with van der Waals surface area (Å²) in [6.07, 6.45) is 5.93. The highest BCUT2D eigenvalue weighted by Crippen LogP contribution is 2.41. The Labute approximate surface area is 212 Å². The number of nitro groups is 1. The van der Waals surface area contributed by atoms with E-state index in [9.17, 15) is 10.1 Å². The van der Waals surface area contributed by atoms with Crippen LogP contribution in [0, 0.1) is 10.1 Å². The molecular formula is C24H25ClN8O3. The maximum Gasteiger partial charge on any atom is 0.294 e. The SMILES string of the molecule is COc1cc(N2CC[C@@H](N(C)C)C2)c([N+](=O)[O-])cc1Nc1ncc(Cl)c(-c2cnn3ccccc23)n1. The number of pyridine rings is 1. The average Bonchev–Trinajstić information content (AvgIpc) is 3.53. The molecule has 1 aromatic carbocycles. The van der Waals surface area contributed by atoms with Gasteiger partial charge in [0.1, 0.15) is 11.4 Å². The van der Waals surface area contributed by atoms with Gasteiger partial charge in [0.25, 0.3) is 5.69 Å². The molecule has 1 saturated heterocycles. The maximum absolute atomic E-state index is 12.0. The predicted octanol–water partition coefficient (Wildman–Crippen LogP) is 4.25. The molecule has 0 amide bonds. The fraction of sp³-hybridized carbons (Fsp3) is 0.292. The Balaban J connectivity index is 1.51. The number of hydrogen-bond donors (Lipinski definition) is 1. The van der Waals surface area contributed by atoms with Gasteiger partial charge in [0, 0.05) is 43.0 Å². The van der Waals surface area contributed by atoms with Gasteiger partial charge >= 0.3 is 0 Å². The fourth-order valence-electron chi connectivity index (χ4n) is 4.46. The van der Waals surface area contributed by atoms with Crippen LogP contribution in [0.15, 0.2) is 48.9 Å². The van der Waals surface area contributed by atoms with E-state index < -0.39 is 0 Å². The second-order valence-electron chi connectivity index (χ2n) is 8.75. The van der Waals surface area contributed by atoms with Gasteiger partial charge in [-0.25, -0.2) is 14.5 Å². The number of hydrogen-bond acceptors (Lipinski definition) is 9. The van der Waals surface area contributed by atoms with E-state index in [0.717, 1.165) is 24.0 Å². The number of aromatic nitrogens is 4. The van der Waals surface area contributed by atoms with Crippen molar-refractivity contribution in [3.8, 4) is 17.0 Å². The molecule has 1 aliphatic heterocycles. The van der Waals surface area contributed by atoms with E-state index in [-0.39, 0.29) is 16.6 Å². The number of nitrogens with zero attached hydrogens (tertiary/aromatic N) is 7. The molecule has 1 N–H and O–H groups in total. The van der Waals surface area contributed by atoms with Crippen LogP contribution >= 0.6 is 11.6 Å². The minimum absolute atomic E-state index is 0.0190. The molecule has 11 nitrogen and oxygen atoms in total. The molecule has 1 aliphatic rings. The Morgan fingerprint density at radius 3 is 2.83 bits per heavy atom. The summed E-state index contributed by atoms with van der Waals surface area (Å²) in [4.78, 5) is 24.7. The first-order chi connectivity index (χ1) is 17.4. The highest BCUT2D eigenvalue weighted by Gasteiger charge is 2.30. The molecule has 186 valence electrons. The number of benzene rings is 1. The van der Waals surface area contributed by atoms with Crippen LogP contribution in [0.3, 0.4) is 0 Å². The van der Waals surface area contributed by atoms with Gasteiger partial charge in [0.15, 0.2) is 0 Å². The van der Waals surface area contributed by atoms with Crippen LogP contribution in [-0.2, 0) is 0 Å². The van der Waals surface area contributed by atoms with E-state index in [2.05, 4.69) is 25.3 Å². The van der Waals surface area contributed by atoms with Gasteiger partial charge in [-0.3, -0.25) is 10.1 Å². The van der Waals surface area contributed by atoms with E-state index in [1.807, 2.05) is 43.4 Å². The number of likely N-dealkylation sites (N-methyl/N-ethyl adjacent to an activating group) is 1. The van der Waals surface area contributed by atoms with Crippen LogP contribution < -0.4 is 15.0 Å². The molecule has 0 saturated carbocycles. The van der Waals surface area contributed by atoms with Gasteiger partial charge in [-0.15, -0.1) is 0 Å². The van der Waals surface area contributed by atoms with E-state index in [4.69, 9.17) is 16.3 Å². The quantitative estimate of drug-likeness (QED) is 0.289. The molecule has 1 fully saturated rings. The lowest BCUT2D eigenvalue weighted by atomic mass is 10.2. The third-order valence-corrected chi connectivity index (χ3v) is 6.68. The smallest absolute Gasteiger partial charge is 0.294 e. The Morgan fingerprint density at radius 2 is 2.11 bits per heavy atom. The van der Waals surface area contributed by atoms with Crippen molar-refractivity contribution in [3.63, 3.8) is 0 Å². The van der Waals surface area contributed by atoms with Crippen LogP contribution in [-0.4, -0.2) is 69.7 Å². The van der Waals surface area contributed by atoms with Crippen LogP contribution in [0.5, 0.6) is 5.75 Å². The summed E-state index contributed by atoms with van der Waals surface area (Å²) in [5.74, 6) is 0.666. The Hall–Kier alpha value is -3.96. The zero-order valence-corrected chi connectivity index (χ0v) is 20.8. The molecular weight excluding hydrogens is 484 g/mol. The second-order valence-corrected chi connectivity index (χ2v) is 9.16. The molecule has 4 aromatic rings. The molecule has 0 aliphatic carbocycles. The summed E-state index contributed by atoms with van der Waals surface area (Å²) in [5.41, 5.74) is 2.95. The topological polar surface area (TPSA) is 114 Å². The highest BCUT2D eigenvalue weighted by atomic mass is 35.5. The molecule has 4 heterocycles. The molecule has 12 heteroatoms. The predicted molar refractivity (Wildman–Crippen MR) is 138 cm³/mol. The van der Waals surface area contributed by atoms with Gasteiger partial charge in [-0.2, -0.15) is 5.10 Å². The maximum atomic E-state index is 12.0. The van der Waals surface area contributed by atoms with E-state index >= 15 is 0 Å². The molecule has 1 atom stereocenters. The first-order valence-electron chi connectivity index (χ1n) is 11.4. The Morgan fingerprint density at radius 1 is 1.28 bits per heavy atom. The largest absolute Gasteiger partial charge is 0.494 e. The number of methoxy groups -OCH3 is 1. The number of rotatable bonds is 7. The summed E-state index contributed by atoms with van der Waals surface area (Å²) < 4.78 is 7.32. The summed E-state index contributed by atoms with van der Waals surface area (Å²) in [5, 5.41) is 19.8. The molecule has 0 bridgehead atoms. The van der Waals surface area contributed by atoms with E-state index in [1.54, 1.807) is 16.8 Å². The van der Waals surface area contributed by atoms with Crippen LogP contribution in [0.2, 0.25) is 5.02 Å². The summed E-state index contributed by atoms with van der Waals surface area (Å²) in [6, 6.07) is 9.18. The zero-order chi connectivity index (χ0) is 25.4. The van der Waals surface area contributed by atoms with Crippen molar-refractivity contribution in [2.45, 2.75) is 12.5 Å². The number of nitrogens with one attached hydrogen (secondary N) is 1. The van der Waals surface area contributed by atoms with Crippen LogP contribution in [0.1, 0.15) is 6.42 Å². The monoisotopic (exact) mass is 508 g/mol. The molecule has 0 spiro atoms.